The zero-order valence-electron chi connectivity index (χ0n) is 33.3. The van der Waals surface area contributed by atoms with Crippen molar-refractivity contribution in [3.63, 3.8) is 0 Å². The minimum atomic E-state index is -0.0881. The molecule has 9 aromatic carbocycles. The SMILES string of the molecule is CC1(C)c2ccccc2-c2ccc(N(c3ccc(-c4ccc(/C=C/c5ccc(N(c6ccccc6)c6ccccc6)cc5)cc4)cc3)c3cccc4ccccc34)cc21. The average Bonchev–Trinajstić information content (AvgIpc) is 3.53. The summed E-state index contributed by atoms with van der Waals surface area (Å²) in [4.78, 5) is 4.71. The fraction of sp³-hybridized carbons (Fsp3) is 0.0526. The molecule has 0 aromatic heterocycles. The monoisotopic (exact) mass is 756 g/mol. The van der Waals surface area contributed by atoms with Gasteiger partial charge in [-0.1, -0.05) is 178 Å². The average molecular weight is 757 g/mol. The van der Waals surface area contributed by atoms with Crippen LogP contribution >= 0.6 is 0 Å². The molecule has 1 aliphatic carbocycles. The second-order valence-electron chi connectivity index (χ2n) is 15.8. The van der Waals surface area contributed by atoms with E-state index in [4.69, 9.17) is 0 Å². The van der Waals surface area contributed by atoms with Crippen molar-refractivity contribution in [2.24, 2.45) is 0 Å². The molecule has 9 aromatic rings. The largest absolute Gasteiger partial charge is 0.311 e. The van der Waals surface area contributed by atoms with Crippen LogP contribution in [0.3, 0.4) is 0 Å². The summed E-state index contributed by atoms with van der Waals surface area (Å²) in [5.74, 6) is 0. The van der Waals surface area contributed by atoms with Gasteiger partial charge in [0, 0.05) is 39.2 Å². The van der Waals surface area contributed by atoms with Gasteiger partial charge in [-0.25, -0.2) is 0 Å². The van der Waals surface area contributed by atoms with Crippen molar-refractivity contribution in [2.75, 3.05) is 9.80 Å². The fourth-order valence-corrected chi connectivity index (χ4v) is 8.78. The van der Waals surface area contributed by atoms with Crippen molar-refractivity contribution in [2.45, 2.75) is 19.3 Å². The lowest BCUT2D eigenvalue weighted by Gasteiger charge is -2.29. The highest BCUT2D eigenvalue weighted by atomic mass is 15.1. The maximum Gasteiger partial charge on any atom is 0.0540 e. The number of fused-ring (bicyclic) bond motifs is 4. The van der Waals surface area contributed by atoms with Crippen LogP contribution in [0.4, 0.5) is 34.1 Å². The Morgan fingerprint density at radius 1 is 0.356 bits per heavy atom. The van der Waals surface area contributed by atoms with Gasteiger partial charge >= 0.3 is 0 Å². The van der Waals surface area contributed by atoms with Crippen LogP contribution in [0.25, 0.3) is 45.2 Å². The van der Waals surface area contributed by atoms with Gasteiger partial charge < -0.3 is 9.80 Å². The second-order valence-corrected chi connectivity index (χ2v) is 15.8. The lowest BCUT2D eigenvalue weighted by atomic mass is 9.82. The van der Waals surface area contributed by atoms with E-state index in [9.17, 15) is 0 Å². The number of hydrogen-bond acceptors (Lipinski definition) is 2. The molecule has 0 unspecified atom stereocenters. The van der Waals surface area contributed by atoms with Crippen LogP contribution in [-0.2, 0) is 5.41 Å². The first-order chi connectivity index (χ1) is 29.0. The Labute approximate surface area is 347 Å². The summed E-state index contributed by atoms with van der Waals surface area (Å²) in [5.41, 5.74) is 16.9. The molecule has 59 heavy (non-hydrogen) atoms. The molecule has 10 rings (SSSR count). The van der Waals surface area contributed by atoms with Crippen LogP contribution in [0, 0.1) is 0 Å². The molecule has 0 spiro atoms. The Hall–Kier alpha value is -7.42. The van der Waals surface area contributed by atoms with E-state index in [1.54, 1.807) is 0 Å². The predicted molar refractivity (Wildman–Crippen MR) is 252 cm³/mol. The Kier molecular flexibility index (Phi) is 9.24. The van der Waals surface area contributed by atoms with E-state index in [-0.39, 0.29) is 5.41 Å². The van der Waals surface area contributed by atoms with Crippen molar-refractivity contribution in [1.29, 1.82) is 0 Å². The summed E-state index contributed by atoms with van der Waals surface area (Å²) >= 11 is 0. The molecule has 0 fully saturated rings. The van der Waals surface area contributed by atoms with Crippen molar-refractivity contribution < 1.29 is 0 Å². The van der Waals surface area contributed by atoms with Gasteiger partial charge in [-0.3, -0.25) is 0 Å². The van der Waals surface area contributed by atoms with E-state index < -0.39 is 0 Å². The summed E-state index contributed by atoms with van der Waals surface area (Å²) in [6, 6.07) is 78.8. The third-order valence-corrected chi connectivity index (χ3v) is 11.9. The van der Waals surface area contributed by atoms with E-state index in [0.29, 0.717) is 0 Å². The van der Waals surface area contributed by atoms with Crippen LogP contribution in [0.2, 0.25) is 0 Å². The normalized spacial score (nSPS) is 12.6. The molecule has 0 amide bonds. The van der Waals surface area contributed by atoms with Gasteiger partial charge in [-0.05, 0) is 117 Å². The molecule has 0 saturated carbocycles. The van der Waals surface area contributed by atoms with E-state index in [1.807, 2.05) is 0 Å². The summed E-state index contributed by atoms with van der Waals surface area (Å²) in [6.45, 7) is 4.70. The maximum absolute atomic E-state index is 2.42. The molecule has 0 heterocycles. The van der Waals surface area contributed by atoms with E-state index in [1.165, 1.54) is 49.8 Å². The molecule has 2 heteroatoms. The number of anilines is 6. The highest BCUT2D eigenvalue weighted by Gasteiger charge is 2.35. The topological polar surface area (TPSA) is 6.48 Å². The standard InChI is InChI=1S/C57H44N2/c1-57(2)54-22-12-11-21-52(54)53-39-38-50(40-55(53)57)59(56-23-13-15-45-14-9-10-20-51(45)56)49-36-32-44(33-37-49)43-30-26-41(27-31-43)24-25-42-28-34-48(35-29-42)58(46-16-5-3-6-17-46)47-18-7-4-8-19-47/h3-40H,1-2H3/b25-24+. The van der Waals surface area contributed by atoms with Crippen molar-refractivity contribution in [3.05, 3.63) is 241 Å². The maximum atomic E-state index is 2.42. The smallest absolute Gasteiger partial charge is 0.0540 e. The Morgan fingerprint density at radius 2 is 0.831 bits per heavy atom. The zero-order chi connectivity index (χ0) is 39.8. The third kappa shape index (κ3) is 6.79. The first-order valence-corrected chi connectivity index (χ1v) is 20.4. The molecular weight excluding hydrogens is 713 g/mol. The highest BCUT2D eigenvalue weighted by molar-refractivity contribution is 5.99. The lowest BCUT2D eigenvalue weighted by molar-refractivity contribution is 0.660. The molecule has 0 saturated heterocycles. The number of rotatable bonds is 9. The van der Waals surface area contributed by atoms with Crippen LogP contribution in [0.15, 0.2) is 218 Å². The van der Waals surface area contributed by atoms with Gasteiger partial charge in [-0.2, -0.15) is 0 Å². The van der Waals surface area contributed by atoms with E-state index in [2.05, 4.69) is 254 Å². The summed E-state index contributed by atoms with van der Waals surface area (Å²) in [7, 11) is 0. The molecule has 2 nitrogen and oxygen atoms in total. The van der Waals surface area contributed by atoms with Crippen LogP contribution < -0.4 is 9.80 Å². The summed E-state index contributed by atoms with van der Waals surface area (Å²) in [6.07, 6.45) is 4.37. The second kappa shape index (κ2) is 15.2. The minimum Gasteiger partial charge on any atom is -0.311 e. The quantitative estimate of drug-likeness (QED) is 0.135. The van der Waals surface area contributed by atoms with Crippen molar-refractivity contribution >= 4 is 57.0 Å². The Morgan fingerprint density at radius 3 is 1.51 bits per heavy atom. The number of nitrogens with zero attached hydrogens (tertiary/aromatic N) is 2. The Bertz CT molecular complexity index is 2880. The molecule has 0 aliphatic heterocycles. The van der Waals surface area contributed by atoms with Gasteiger partial charge in [0.15, 0.2) is 0 Å². The number of benzene rings is 9. The van der Waals surface area contributed by atoms with Gasteiger partial charge in [0.25, 0.3) is 0 Å². The molecule has 0 radical (unpaired) electrons. The van der Waals surface area contributed by atoms with Crippen LogP contribution in [0.1, 0.15) is 36.1 Å². The van der Waals surface area contributed by atoms with Gasteiger partial charge in [0.05, 0.1) is 5.69 Å². The fourth-order valence-electron chi connectivity index (χ4n) is 8.78. The van der Waals surface area contributed by atoms with Crippen LogP contribution in [0.5, 0.6) is 0 Å². The van der Waals surface area contributed by atoms with E-state index >= 15 is 0 Å². The molecular formula is C57H44N2. The molecule has 0 bridgehead atoms. The number of para-hydroxylation sites is 2. The molecule has 0 N–H and O–H groups in total. The van der Waals surface area contributed by atoms with Gasteiger partial charge in [0.2, 0.25) is 0 Å². The zero-order valence-corrected chi connectivity index (χ0v) is 33.3. The first-order valence-electron chi connectivity index (χ1n) is 20.4. The summed E-state index contributed by atoms with van der Waals surface area (Å²) < 4.78 is 0. The highest BCUT2D eigenvalue weighted by Crippen LogP contribution is 2.51. The van der Waals surface area contributed by atoms with E-state index in [0.717, 1.165) is 39.6 Å². The molecule has 282 valence electrons. The third-order valence-electron chi connectivity index (χ3n) is 11.9. The Balaban J connectivity index is 0.916. The first kappa shape index (κ1) is 36.0. The van der Waals surface area contributed by atoms with Gasteiger partial charge in [0.1, 0.15) is 0 Å². The minimum absolute atomic E-state index is 0.0881. The lowest BCUT2D eigenvalue weighted by Crippen LogP contribution is -2.16. The molecule has 0 atom stereocenters. The number of hydrogen-bond donors (Lipinski definition) is 0. The van der Waals surface area contributed by atoms with Crippen LogP contribution in [-0.4, -0.2) is 0 Å². The van der Waals surface area contributed by atoms with Crippen molar-refractivity contribution in [3.8, 4) is 22.3 Å². The molecule has 1 aliphatic rings. The van der Waals surface area contributed by atoms with Crippen molar-refractivity contribution in [1.82, 2.24) is 0 Å². The van der Waals surface area contributed by atoms with Gasteiger partial charge in [-0.15, -0.1) is 0 Å². The summed E-state index contributed by atoms with van der Waals surface area (Å²) in [5, 5.41) is 2.45. The predicted octanol–water partition coefficient (Wildman–Crippen LogP) is 15.9.